The molecule has 0 saturated carbocycles. The summed E-state index contributed by atoms with van der Waals surface area (Å²) in [5.41, 5.74) is 1.72. The first-order valence-electron chi connectivity index (χ1n) is 8.74. The van der Waals surface area contributed by atoms with Crippen molar-refractivity contribution in [3.05, 3.63) is 65.5 Å². The molecule has 0 aliphatic rings. The number of benzene rings is 2. The van der Waals surface area contributed by atoms with Gasteiger partial charge in [0.2, 0.25) is 5.91 Å². The van der Waals surface area contributed by atoms with Crippen LogP contribution in [-0.2, 0) is 27.2 Å². The summed E-state index contributed by atoms with van der Waals surface area (Å²) in [5, 5.41) is 2.88. The molecule has 144 valence electrons. The first kappa shape index (κ1) is 20.4. The number of methoxy groups -OCH3 is 2. The largest absolute Gasteiger partial charge is 0.494 e. The average molecular weight is 373 g/mol. The number of hydrogen-bond donors (Lipinski definition) is 1. The fourth-order valence-electron chi connectivity index (χ4n) is 2.78. The van der Waals surface area contributed by atoms with Crippen LogP contribution in [0.15, 0.2) is 48.5 Å². The highest BCUT2D eigenvalue weighted by molar-refractivity contribution is 5.78. The third-order valence-electron chi connectivity index (χ3n) is 4.19. The van der Waals surface area contributed by atoms with E-state index in [0.717, 1.165) is 5.56 Å². The zero-order valence-electron chi connectivity index (χ0n) is 15.5. The smallest absolute Gasteiger partial charge is 0.307 e. The molecule has 2 rings (SSSR count). The highest BCUT2D eigenvalue weighted by atomic mass is 19.1. The number of carbonyl (C=O) groups is 2. The second kappa shape index (κ2) is 10.3. The lowest BCUT2D eigenvalue weighted by Gasteiger charge is -2.18. The first-order chi connectivity index (χ1) is 13.0. The Labute approximate surface area is 158 Å². The van der Waals surface area contributed by atoms with Crippen LogP contribution in [0.4, 0.5) is 4.39 Å². The van der Waals surface area contributed by atoms with E-state index in [1.165, 1.54) is 26.4 Å². The van der Waals surface area contributed by atoms with Crippen molar-refractivity contribution in [3.63, 3.8) is 0 Å². The highest BCUT2D eigenvalue weighted by Crippen LogP contribution is 2.18. The fourth-order valence-corrected chi connectivity index (χ4v) is 2.78. The van der Waals surface area contributed by atoms with Crippen LogP contribution in [0.2, 0.25) is 0 Å². The van der Waals surface area contributed by atoms with Gasteiger partial charge in [0.05, 0.1) is 20.6 Å². The molecule has 0 spiro atoms. The van der Waals surface area contributed by atoms with E-state index in [9.17, 15) is 14.0 Å². The van der Waals surface area contributed by atoms with Gasteiger partial charge in [0, 0.05) is 12.5 Å². The maximum Gasteiger partial charge on any atom is 0.307 e. The number of halogens is 1. The highest BCUT2D eigenvalue weighted by Gasteiger charge is 2.17. The first-order valence-corrected chi connectivity index (χ1v) is 8.74. The zero-order valence-corrected chi connectivity index (χ0v) is 15.5. The third kappa shape index (κ3) is 6.73. The van der Waals surface area contributed by atoms with E-state index in [2.05, 4.69) is 5.32 Å². The van der Waals surface area contributed by atoms with Gasteiger partial charge in [-0.05, 0) is 36.1 Å². The van der Waals surface area contributed by atoms with Crippen LogP contribution in [0.1, 0.15) is 24.0 Å². The molecule has 0 aromatic heterocycles. The lowest BCUT2D eigenvalue weighted by molar-refractivity contribution is -0.141. The maximum atomic E-state index is 13.7. The van der Waals surface area contributed by atoms with Gasteiger partial charge in [-0.25, -0.2) is 4.39 Å². The summed E-state index contributed by atoms with van der Waals surface area (Å²) >= 11 is 0. The molecule has 0 aliphatic carbocycles. The van der Waals surface area contributed by atoms with Crippen LogP contribution in [-0.4, -0.2) is 32.1 Å². The standard InChI is InChI=1S/C21H24FNO4/c1-26-19-10-8-16(13-18(19)22)9-11-20(24)23-17(14-21(25)27-2)12-15-6-4-3-5-7-15/h3-8,10,13,17H,9,11-12,14H2,1-2H3,(H,23,24). The summed E-state index contributed by atoms with van der Waals surface area (Å²) < 4.78 is 23.3. The summed E-state index contributed by atoms with van der Waals surface area (Å²) in [6.07, 6.45) is 1.20. The van der Waals surface area contributed by atoms with E-state index in [0.29, 0.717) is 18.4 Å². The molecule has 1 amide bonds. The maximum absolute atomic E-state index is 13.7. The Morgan fingerprint density at radius 2 is 1.81 bits per heavy atom. The molecule has 1 unspecified atom stereocenters. The van der Waals surface area contributed by atoms with Crippen molar-refractivity contribution in [3.8, 4) is 5.75 Å². The molecule has 2 aromatic rings. The minimum Gasteiger partial charge on any atom is -0.494 e. The summed E-state index contributed by atoms with van der Waals surface area (Å²) in [6.45, 7) is 0. The van der Waals surface area contributed by atoms with Crippen LogP contribution in [0.25, 0.3) is 0 Å². The Hall–Kier alpha value is -2.89. The molecule has 0 saturated heterocycles. The lowest BCUT2D eigenvalue weighted by Crippen LogP contribution is -2.38. The van der Waals surface area contributed by atoms with Gasteiger partial charge in [0.1, 0.15) is 0 Å². The summed E-state index contributed by atoms with van der Waals surface area (Å²) in [6, 6.07) is 13.9. The van der Waals surface area contributed by atoms with E-state index >= 15 is 0 Å². The molecule has 0 fully saturated rings. The number of esters is 1. The second-order valence-electron chi connectivity index (χ2n) is 6.20. The molecule has 6 heteroatoms. The molecule has 1 atom stereocenters. The summed E-state index contributed by atoms with van der Waals surface area (Å²) in [7, 11) is 2.72. The fraction of sp³-hybridized carbons (Fsp3) is 0.333. The van der Waals surface area contributed by atoms with Crippen molar-refractivity contribution in [2.75, 3.05) is 14.2 Å². The van der Waals surface area contributed by atoms with Crippen molar-refractivity contribution >= 4 is 11.9 Å². The predicted octanol–water partition coefficient (Wildman–Crippen LogP) is 3.06. The van der Waals surface area contributed by atoms with Gasteiger partial charge >= 0.3 is 5.97 Å². The Morgan fingerprint density at radius 3 is 2.44 bits per heavy atom. The van der Waals surface area contributed by atoms with Crippen LogP contribution < -0.4 is 10.1 Å². The Balaban J connectivity index is 1.93. The third-order valence-corrected chi connectivity index (χ3v) is 4.19. The van der Waals surface area contributed by atoms with Gasteiger partial charge in [-0.1, -0.05) is 36.4 Å². The number of amides is 1. The minimum absolute atomic E-state index is 0.0916. The average Bonchev–Trinajstić information content (AvgIpc) is 2.67. The van der Waals surface area contributed by atoms with Crippen LogP contribution in [0.3, 0.4) is 0 Å². The van der Waals surface area contributed by atoms with Gasteiger partial charge in [0.25, 0.3) is 0 Å². The molecule has 1 N–H and O–H groups in total. The number of nitrogens with one attached hydrogen (secondary N) is 1. The molecule has 0 bridgehead atoms. The second-order valence-corrected chi connectivity index (χ2v) is 6.20. The summed E-state index contributed by atoms with van der Waals surface area (Å²) in [4.78, 5) is 24.0. The molecule has 0 aliphatic heterocycles. The van der Waals surface area contributed by atoms with E-state index in [-0.39, 0.29) is 36.5 Å². The SMILES string of the molecule is COC(=O)CC(Cc1ccccc1)NC(=O)CCc1ccc(OC)c(F)c1. The summed E-state index contributed by atoms with van der Waals surface area (Å²) in [5.74, 6) is -0.864. The van der Waals surface area contributed by atoms with Gasteiger partial charge in [-0.15, -0.1) is 0 Å². The quantitative estimate of drug-likeness (QED) is 0.686. The monoisotopic (exact) mass is 373 g/mol. The Bertz CT molecular complexity index is 764. The van der Waals surface area contributed by atoms with Crippen LogP contribution in [0, 0.1) is 5.82 Å². The molecular formula is C21H24FNO4. The van der Waals surface area contributed by atoms with E-state index in [1.54, 1.807) is 6.07 Å². The number of aryl methyl sites for hydroxylation is 1. The van der Waals surface area contributed by atoms with E-state index < -0.39 is 5.82 Å². The predicted molar refractivity (Wildman–Crippen MR) is 100.0 cm³/mol. The van der Waals surface area contributed by atoms with Crippen LogP contribution >= 0.6 is 0 Å². The van der Waals surface area contributed by atoms with E-state index in [4.69, 9.17) is 9.47 Å². The number of carbonyl (C=O) groups excluding carboxylic acids is 2. The molecule has 2 aromatic carbocycles. The van der Waals surface area contributed by atoms with Gasteiger partial charge in [-0.2, -0.15) is 0 Å². The van der Waals surface area contributed by atoms with Crippen LogP contribution in [0.5, 0.6) is 5.75 Å². The molecule has 27 heavy (non-hydrogen) atoms. The number of hydrogen-bond acceptors (Lipinski definition) is 4. The normalized spacial score (nSPS) is 11.5. The number of rotatable bonds is 9. The number of ether oxygens (including phenoxy) is 2. The van der Waals surface area contributed by atoms with Crippen molar-refractivity contribution in [1.82, 2.24) is 5.32 Å². The molecular weight excluding hydrogens is 349 g/mol. The van der Waals surface area contributed by atoms with Gasteiger partial charge < -0.3 is 14.8 Å². The van der Waals surface area contributed by atoms with Crippen molar-refractivity contribution < 1.29 is 23.5 Å². The van der Waals surface area contributed by atoms with Gasteiger partial charge in [-0.3, -0.25) is 9.59 Å². The zero-order chi connectivity index (χ0) is 19.6. The lowest BCUT2D eigenvalue weighted by atomic mass is 10.0. The molecule has 5 nitrogen and oxygen atoms in total. The topological polar surface area (TPSA) is 64.6 Å². The van der Waals surface area contributed by atoms with Crippen molar-refractivity contribution in [1.29, 1.82) is 0 Å². The van der Waals surface area contributed by atoms with Gasteiger partial charge in [0.15, 0.2) is 11.6 Å². The molecule has 0 heterocycles. The molecule has 0 radical (unpaired) electrons. The van der Waals surface area contributed by atoms with Crippen molar-refractivity contribution in [2.24, 2.45) is 0 Å². The minimum atomic E-state index is -0.456. The Morgan fingerprint density at radius 1 is 1.07 bits per heavy atom. The Kier molecular flexibility index (Phi) is 7.79. The van der Waals surface area contributed by atoms with Crippen molar-refractivity contribution in [2.45, 2.75) is 31.7 Å². The van der Waals surface area contributed by atoms with E-state index in [1.807, 2.05) is 30.3 Å².